The lowest BCUT2D eigenvalue weighted by Gasteiger charge is -2.22. The third kappa shape index (κ3) is 3.29. The lowest BCUT2D eigenvalue weighted by molar-refractivity contribution is 0.516. The molecule has 4 heteroatoms. The molecule has 1 N–H and O–H groups in total. The smallest absolute Gasteiger partial charge is 0.138 e. The summed E-state index contributed by atoms with van der Waals surface area (Å²) in [6.45, 7) is 4.12. The molecule has 0 radical (unpaired) electrons. The highest BCUT2D eigenvalue weighted by Gasteiger charge is 2.17. The molecule has 0 bridgehead atoms. The zero-order chi connectivity index (χ0) is 13.1. The fourth-order valence-corrected chi connectivity index (χ4v) is 4.28. The first kappa shape index (κ1) is 13.4. The normalized spacial score (nSPS) is 20.3. The van der Waals surface area contributed by atoms with Gasteiger partial charge in [0.2, 0.25) is 0 Å². The Morgan fingerprint density at radius 3 is 2.89 bits per heavy atom. The summed E-state index contributed by atoms with van der Waals surface area (Å²) in [5.74, 6) is 2.02. The summed E-state index contributed by atoms with van der Waals surface area (Å²) in [6.07, 6.45) is 8.10. The van der Waals surface area contributed by atoms with Crippen molar-refractivity contribution in [3.05, 3.63) is 22.8 Å². The predicted molar refractivity (Wildman–Crippen MR) is 80.3 cm³/mol. The van der Waals surface area contributed by atoms with Crippen LogP contribution in [0.2, 0.25) is 0 Å². The summed E-state index contributed by atoms with van der Waals surface area (Å²) >= 11 is 2.06. The molecule has 104 valence electrons. The largest absolute Gasteiger partial charge is 0.311 e. The van der Waals surface area contributed by atoms with E-state index in [4.69, 9.17) is 9.97 Å². The molecule has 0 unspecified atom stereocenters. The van der Waals surface area contributed by atoms with E-state index >= 15 is 0 Å². The Balaban J connectivity index is 1.65. The predicted octanol–water partition coefficient (Wildman–Crippen LogP) is 3.00. The minimum atomic E-state index is 0.840. The molecule has 3 rings (SSSR count). The van der Waals surface area contributed by atoms with E-state index in [1.165, 1.54) is 49.1 Å². The van der Waals surface area contributed by atoms with Crippen LogP contribution in [-0.2, 0) is 18.7 Å². The van der Waals surface area contributed by atoms with Crippen molar-refractivity contribution < 1.29 is 0 Å². The van der Waals surface area contributed by atoms with Crippen LogP contribution in [-0.4, -0.2) is 21.8 Å². The molecule has 1 saturated carbocycles. The number of hydrogen-bond donors (Lipinski definition) is 1. The Hall–Kier alpha value is -0.610. The van der Waals surface area contributed by atoms with Crippen LogP contribution < -0.4 is 5.32 Å². The number of fused-ring (bicyclic) bond motifs is 1. The van der Waals surface area contributed by atoms with Gasteiger partial charge in [-0.1, -0.05) is 19.3 Å². The third-order valence-electron chi connectivity index (χ3n) is 4.19. The van der Waals surface area contributed by atoms with E-state index in [0.29, 0.717) is 0 Å². The molecule has 2 aliphatic rings. The molecule has 1 aromatic rings. The zero-order valence-electron chi connectivity index (χ0n) is 11.7. The molecule has 0 spiro atoms. The van der Waals surface area contributed by atoms with Crippen LogP contribution in [0, 0.1) is 6.92 Å². The second-order valence-corrected chi connectivity index (χ2v) is 6.94. The van der Waals surface area contributed by atoms with Gasteiger partial charge in [0.1, 0.15) is 5.82 Å². The zero-order valence-corrected chi connectivity index (χ0v) is 12.6. The Kier molecular flexibility index (Phi) is 4.38. The molecule has 1 aliphatic carbocycles. The fraction of sp³-hybridized carbons (Fsp3) is 0.733. The summed E-state index contributed by atoms with van der Waals surface area (Å²) in [4.78, 5) is 9.48. The van der Waals surface area contributed by atoms with Gasteiger partial charge in [-0.25, -0.2) is 9.97 Å². The molecular weight excluding hydrogens is 254 g/mol. The van der Waals surface area contributed by atoms with E-state index in [2.05, 4.69) is 24.0 Å². The second kappa shape index (κ2) is 6.23. The number of nitrogens with zero attached hydrogens (tertiary/aromatic N) is 2. The summed E-state index contributed by atoms with van der Waals surface area (Å²) in [5.41, 5.74) is 3.81. The molecule has 0 aromatic carbocycles. The van der Waals surface area contributed by atoms with E-state index in [-0.39, 0.29) is 0 Å². The third-order valence-corrected chi connectivity index (χ3v) is 5.56. The minimum Gasteiger partial charge on any atom is -0.311 e. The maximum atomic E-state index is 4.76. The first-order valence-electron chi connectivity index (χ1n) is 7.50. The van der Waals surface area contributed by atoms with Crippen molar-refractivity contribution in [1.29, 1.82) is 0 Å². The summed E-state index contributed by atoms with van der Waals surface area (Å²) < 4.78 is 0. The van der Waals surface area contributed by atoms with Gasteiger partial charge < -0.3 is 5.32 Å². The molecule has 0 saturated heterocycles. The van der Waals surface area contributed by atoms with Crippen LogP contribution >= 0.6 is 11.8 Å². The number of rotatable bonds is 3. The van der Waals surface area contributed by atoms with Crippen LogP contribution in [0.5, 0.6) is 0 Å². The Bertz CT molecular complexity index is 441. The van der Waals surface area contributed by atoms with Crippen LogP contribution in [0.4, 0.5) is 0 Å². The van der Waals surface area contributed by atoms with Gasteiger partial charge in [-0.2, -0.15) is 11.8 Å². The van der Waals surface area contributed by atoms with Gasteiger partial charge in [0.15, 0.2) is 0 Å². The Labute approximate surface area is 120 Å². The van der Waals surface area contributed by atoms with Crippen molar-refractivity contribution in [2.75, 3.05) is 6.54 Å². The molecule has 19 heavy (non-hydrogen) atoms. The molecule has 1 aromatic heterocycles. The number of aromatic nitrogens is 2. The number of nitrogens with one attached hydrogen (secondary N) is 1. The van der Waals surface area contributed by atoms with Gasteiger partial charge in [-0.05, 0) is 38.3 Å². The summed E-state index contributed by atoms with van der Waals surface area (Å²) in [6, 6.07) is 0. The highest BCUT2D eigenvalue weighted by atomic mass is 32.2. The van der Waals surface area contributed by atoms with Crippen LogP contribution in [0.1, 0.15) is 54.9 Å². The molecule has 2 heterocycles. The average molecular weight is 277 g/mol. The first-order valence-corrected chi connectivity index (χ1v) is 8.55. The van der Waals surface area contributed by atoms with Crippen LogP contribution in [0.15, 0.2) is 0 Å². The van der Waals surface area contributed by atoms with Gasteiger partial charge in [0, 0.05) is 17.5 Å². The molecule has 1 aliphatic heterocycles. The SMILES string of the molecule is Cc1nc(CSC2CCCCC2)nc2c1CCNC2. The Morgan fingerprint density at radius 2 is 2.05 bits per heavy atom. The first-order chi connectivity index (χ1) is 9.33. The van der Waals surface area contributed by atoms with Gasteiger partial charge in [0.25, 0.3) is 0 Å². The molecule has 1 fully saturated rings. The molecular formula is C15H23N3S. The van der Waals surface area contributed by atoms with E-state index in [9.17, 15) is 0 Å². The minimum absolute atomic E-state index is 0.840. The fourth-order valence-electron chi connectivity index (χ4n) is 3.10. The quantitative estimate of drug-likeness (QED) is 0.921. The maximum Gasteiger partial charge on any atom is 0.138 e. The van der Waals surface area contributed by atoms with Gasteiger partial charge in [-0.3, -0.25) is 0 Å². The Morgan fingerprint density at radius 1 is 1.21 bits per heavy atom. The monoisotopic (exact) mass is 277 g/mol. The lowest BCUT2D eigenvalue weighted by atomic mass is 10.0. The number of hydrogen-bond acceptors (Lipinski definition) is 4. The lowest BCUT2D eigenvalue weighted by Crippen LogP contribution is -2.26. The summed E-state index contributed by atoms with van der Waals surface area (Å²) in [5, 5.41) is 4.24. The van der Waals surface area contributed by atoms with Gasteiger partial charge >= 0.3 is 0 Å². The van der Waals surface area contributed by atoms with Crippen LogP contribution in [0.25, 0.3) is 0 Å². The molecule has 0 atom stereocenters. The van der Waals surface area contributed by atoms with Crippen molar-refractivity contribution >= 4 is 11.8 Å². The van der Waals surface area contributed by atoms with Gasteiger partial charge in [-0.15, -0.1) is 0 Å². The molecule has 3 nitrogen and oxygen atoms in total. The summed E-state index contributed by atoms with van der Waals surface area (Å²) in [7, 11) is 0. The van der Waals surface area contributed by atoms with Crippen molar-refractivity contribution in [3.8, 4) is 0 Å². The van der Waals surface area contributed by atoms with E-state index in [0.717, 1.165) is 36.3 Å². The van der Waals surface area contributed by atoms with E-state index in [1.54, 1.807) is 0 Å². The standard InChI is InChI=1S/C15H23N3S/c1-11-13-7-8-16-9-14(13)18-15(17-11)10-19-12-5-3-2-4-6-12/h12,16H,2-10H2,1H3. The van der Waals surface area contributed by atoms with Crippen molar-refractivity contribution in [2.45, 2.75) is 63.0 Å². The number of thioether (sulfide) groups is 1. The topological polar surface area (TPSA) is 37.8 Å². The average Bonchev–Trinajstić information content (AvgIpc) is 2.46. The van der Waals surface area contributed by atoms with E-state index in [1.807, 2.05) is 0 Å². The molecule has 0 amide bonds. The van der Waals surface area contributed by atoms with Crippen molar-refractivity contribution in [1.82, 2.24) is 15.3 Å². The van der Waals surface area contributed by atoms with Crippen LogP contribution in [0.3, 0.4) is 0 Å². The van der Waals surface area contributed by atoms with Crippen molar-refractivity contribution in [2.24, 2.45) is 0 Å². The van der Waals surface area contributed by atoms with Crippen molar-refractivity contribution in [3.63, 3.8) is 0 Å². The van der Waals surface area contributed by atoms with E-state index < -0.39 is 0 Å². The number of aryl methyl sites for hydroxylation is 1. The second-order valence-electron chi connectivity index (χ2n) is 5.65. The highest BCUT2D eigenvalue weighted by molar-refractivity contribution is 7.99. The highest BCUT2D eigenvalue weighted by Crippen LogP contribution is 2.30. The maximum absolute atomic E-state index is 4.76. The van der Waals surface area contributed by atoms with Gasteiger partial charge in [0.05, 0.1) is 11.4 Å².